The molecule has 8 heteroatoms. The molecule has 1 aromatic heterocycles. The third-order valence-corrected chi connectivity index (χ3v) is 5.92. The van der Waals surface area contributed by atoms with E-state index in [-0.39, 0.29) is 23.3 Å². The van der Waals surface area contributed by atoms with Crippen molar-refractivity contribution >= 4 is 16.9 Å². The van der Waals surface area contributed by atoms with Gasteiger partial charge in [0.2, 0.25) is 0 Å². The number of fused-ring (bicyclic) bond motifs is 9. The number of rotatable bonds is 3. The van der Waals surface area contributed by atoms with Gasteiger partial charge < -0.3 is 19.3 Å². The Morgan fingerprint density at radius 1 is 1.34 bits per heavy atom. The molecule has 1 amide bonds. The summed E-state index contributed by atoms with van der Waals surface area (Å²) in [4.78, 5) is 18.8. The summed E-state index contributed by atoms with van der Waals surface area (Å²) in [6, 6.07) is 7.83. The van der Waals surface area contributed by atoms with Crippen LogP contribution in [0.15, 0.2) is 36.4 Å². The molecule has 3 heterocycles. The zero-order valence-electron chi connectivity index (χ0n) is 20.0. The van der Waals surface area contributed by atoms with Crippen LogP contribution in [-0.4, -0.2) is 45.2 Å². The molecule has 0 saturated heterocycles. The minimum Gasteiger partial charge on any atom is -0.434 e. The molecule has 0 aliphatic carbocycles. The van der Waals surface area contributed by atoms with Crippen LogP contribution in [0, 0.1) is 11.8 Å². The second-order valence-electron chi connectivity index (χ2n) is 7.78. The molecule has 5 rings (SSSR count). The molecule has 3 atom stereocenters. The van der Waals surface area contributed by atoms with Crippen molar-refractivity contribution in [2.75, 3.05) is 6.98 Å². The molecule has 32 heavy (non-hydrogen) atoms. The van der Waals surface area contributed by atoms with Crippen LogP contribution in [0.4, 0.5) is 8.78 Å². The lowest BCUT2D eigenvalue weighted by Crippen LogP contribution is -2.30. The summed E-state index contributed by atoms with van der Waals surface area (Å²) < 4.78 is 57.2. The second-order valence-corrected chi connectivity index (χ2v) is 7.78. The number of nitrogens with zero attached hydrogens (tertiary/aromatic N) is 3. The van der Waals surface area contributed by atoms with E-state index in [1.807, 2.05) is 6.92 Å². The molecule has 1 N–H and O–H groups in total. The first-order valence-corrected chi connectivity index (χ1v) is 10.2. The van der Waals surface area contributed by atoms with Gasteiger partial charge in [0.25, 0.3) is 5.91 Å². The molecular formula is C24H21F2N3O3. The Labute approximate surface area is 187 Å². The summed E-state index contributed by atoms with van der Waals surface area (Å²) in [6.45, 7) is -4.10. The molecule has 0 spiro atoms. The van der Waals surface area contributed by atoms with Gasteiger partial charge in [-0.3, -0.25) is 4.79 Å². The molecule has 2 bridgehead atoms. The summed E-state index contributed by atoms with van der Waals surface area (Å²) in [6.07, 6.45) is -0.155. The summed E-state index contributed by atoms with van der Waals surface area (Å²) in [5.41, 5.74) is 1.97. The minimum atomic E-state index is -3.12. The predicted octanol–water partition coefficient (Wildman–Crippen LogP) is 3.88. The standard InChI is InChI=1S/C24H21F2N3O3/c1-3-14(30)9-7-13-8-10-16-17(11-13)29-18-12-19(22(29)27-16)28(2)23(31)15-5-4-6-20(21(15)18)32-24(25)26/h4-6,8,10-11,14,18-19,24,30H,3,12H2,1-2H3/t14-,18-,19-/m1/s1/i2D3. The average Bonchev–Trinajstić information content (AvgIpc) is 3.29. The number of aliphatic hydroxyl groups is 1. The first-order valence-electron chi connectivity index (χ1n) is 11.7. The van der Waals surface area contributed by atoms with Crippen molar-refractivity contribution in [1.82, 2.24) is 14.5 Å². The number of imidazole rings is 1. The molecular weight excluding hydrogens is 416 g/mol. The van der Waals surface area contributed by atoms with Crippen LogP contribution < -0.4 is 4.74 Å². The first kappa shape index (κ1) is 17.2. The Kier molecular flexibility index (Phi) is 4.08. The van der Waals surface area contributed by atoms with Gasteiger partial charge in [-0.05, 0) is 36.8 Å². The maximum Gasteiger partial charge on any atom is 0.387 e. The van der Waals surface area contributed by atoms with Crippen molar-refractivity contribution in [2.45, 2.75) is 44.6 Å². The topological polar surface area (TPSA) is 67.6 Å². The third kappa shape index (κ3) is 3.12. The summed E-state index contributed by atoms with van der Waals surface area (Å²) >= 11 is 0. The van der Waals surface area contributed by atoms with Crippen molar-refractivity contribution < 1.29 is 27.5 Å². The van der Waals surface area contributed by atoms with Crippen molar-refractivity contribution in [3.63, 3.8) is 0 Å². The molecule has 0 saturated carbocycles. The Morgan fingerprint density at radius 2 is 2.19 bits per heavy atom. The van der Waals surface area contributed by atoms with Gasteiger partial charge in [-0.2, -0.15) is 8.78 Å². The quantitative estimate of drug-likeness (QED) is 0.628. The van der Waals surface area contributed by atoms with E-state index in [1.165, 1.54) is 18.2 Å². The maximum atomic E-state index is 13.4. The SMILES string of the molecule is [2H]C([2H])([2H])N1C(=O)c2cccc(OC(F)F)c2[C@H]2C[C@@H]1c1nc3ccc(C#C[C@H](O)CC)cc3n12. The number of ether oxygens (including phenoxy) is 1. The van der Waals surface area contributed by atoms with E-state index in [4.69, 9.17) is 8.85 Å². The molecule has 2 aromatic carbocycles. The second kappa shape index (κ2) is 7.61. The van der Waals surface area contributed by atoms with E-state index in [2.05, 4.69) is 16.8 Å². The first-order chi connectivity index (χ1) is 16.6. The van der Waals surface area contributed by atoms with Crippen LogP contribution in [0.25, 0.3) is 11.0 Å². The van der Waals surface area contributed by atoms with Gasteiger partial charge in [-0.25, -0.2) is 4.98 Å². The number of carbonyl (C=O) groups excluding carboxylic acids is 1. The van der Waals surface area contributed by atoms with Gasteiger partial charge in [-0.15, -0.1) is 0 Å². The predicted molar refractivity (Wildman–Crippen MR) is 114 cm³/mol. The highest BCUT2D eigenvalue weighted by Crippen LogP contribution is 2.49. The van der Waals surface area contributed by atoms with Crippen LogP contribution in [0.5, 0.6) is 5.75 Å². The van der Waals surface area contributed by atoms with Gasteiger partial charge >= 0.3 is 6.61 Å². The summed E-state index contributed by atoms with van der Waals surface area (Å²) in [5, 5.41) is 9.79. The lowest BCUT2D eigenvalue weighted by molar-refractivity contribution is -0.0507. The van der Waals surface area contributed by atoms with Gasteiger partial charge in [0.1, 0.15) is 17.7 Å². The Bertz CT molecular complexity index is 1390. The number of hydrogen-bond acceptors (Lipinski definition) is 4. The normalized spacial score (nSPS) is 21.7. The Hall–Kier alpha value is -3.44. The highest BCUT2D eigenvalue weighted by atomic mass is 19.3. The van der Waals surface area contributed by atoms with Crippen LogP contribution in [-0.2, 0) is 0 Å². The van der Waals surface area contributed by atoms with Crippen molar-refractivity contribution in [2.24, 2.45) is 0 Å². The molecule has 2 aliphatic rings. The number of halogens is 2. The Balaban J connectivity index is 1.77. The van der Waals surface area contributed by atoms with Gasteiger partial charge in [-0.1, -0.05) is 24.8 Å². The third-order valence-electron chi connectivity index (χ3n) is 5.92. The van der Waals surface area contributed by atoms with Crippen LogP contribution in [0.2, 0.25) is 0 Å². The maximum absolute atomic E-state index is 13.4. The Morgan fingerprint density at radius 3 is 2.94 bits per heavy atom. The fraction of sp³-hybridized carbons (Fsp3) is 0.333. The van der Waals surface area contributed by atoms with Crippen molar-refractivity contribution in [1.29, 1.82) is 0 Å². The number of carbonyl (C=O) groups is 1. The molecule has 0 radical (unpaired) electrons. The number of benzene rings is 2. The van der Waals surface area contributed by atoms with Crippen molar-refractivity contribution in [3.8, 4) is 17.6 Å². The number of alkyl halides is 2. The van der Waals surface area contributed by atoms with Crippen LogP contribution in [0.1, 0.15) is 63.3 Å². The van der Waals surface area contributed by atoms with Gasteiger partial charge in [0.05, 0.1) is 23.1 Å². The number of aromatic nitrogens is 2. The lowest BCUT2D eigenvalue weighted by Gasteiger charge is -2.24. The minimum absolute atomic E-state index is 0.00119. The van der Waals surface area contributed by atoms with E-state index in [9.17, 15) is 18.7 Å². The van der Waals surface area contributed by atoms with E-state index in [0.29, 0.717) is 28.8 Å². The zero-order chi connectivity index (χ0) is 25.1. The van der Waals surface area contributed by atoms with E-state index in [0.717, 1.165) is 4.90 Å². The monoisotopic (exact) mass is 440 g/mol. The molecule has 0 unspecified atom stereocenters. The van der Waals surface area contributed by atoms with Gasteiger partial charge in [0.15, 0.2) is 0 Å². The molecule has 164 valence electrons. The van der Waals surface area contributed by atoms with E-state index in [1.54, 1.807) is 22.8 Å². The zero-order valence-corrected chi connectivity index (χ0v) is 17.0. The lowest BCUT2D eigenvalue weighted by atomic mass is 9.97. The van der Waals surface area contributed by atoms with E-state index >= 15 is 0 Å². The largest absolute Gasteiger partial charge is 0.434 e. The molecule has 6 nitrogen and oxygen atoms in total. The average molecular weight is 440 g/mol. The van der Waals surface area contributed by atoms with Gasteiger partial charge in [0, 0.05) is 34.2 Å². The highest BCUT2D eigenvalue weighted by molar-refractivity contribution is 5.97. The molecule has 2 aliphatic heterocycles. The fourth-order valence-corrected chi connectivity index (χ4v) is 4.46. The highest BCUT2D eigenvalue weighted by Gasteiger charge is 2.44. The smallest absolute Gasteiger partial charge is 0.387 e. The molecule has 3 aromatic rings. The van der Waals surface area contributed by atoms with E-state index < -0.39 is 37.7 Å². The van der Waals surface area contributed by atoms with Crippen LogP contribution in [0.3, 0.4) is 0 Å². The summed E-state index contributed by atoms with van der Waals surface area (Å²) in [5.74, 6) is 5.06. The fourth-order valence-electron chi connectivity index (χ4n) is 4.46. The number of amides is 1. The number of hydrogen-bond donors (Lipinski definition) is 1. The summed E-state index contributed by atoms with van der Waals surface area (Å²) in [7, 11) is 0. The number of aliphatic hydroxyl groups excluding tert-OH is 1. The van der Waals surface area contributed by atoms with Crippen LogP contribution >= 0.6 is 0 Å². The van der Waals surface area contributed by atoms with Crippen molar-refractivity contribution in [3.05, 3.63) is 58.9 Å². The molecule has 0 fully saturated rings.